The predicted molar refractivity (Wildman–Crippen MR) is 70.9 cm³/mol. The summed E-state index contributed by atoms with van der Waals surface area (Å²) in [5.41, 5.74) is -0.525. The van der Waals surface area contributed by atoms with Crippen LogP contribution in [-0.2, 0) is 9.53 Å². The third-order valence-electron chi connectivity index (χ3n) is 2.59. The fourth-order valence-electron chi connectivity index (χ4n) is 1.50. The minimum atomic E-state index is -0.525. The van der Waals surface area contributed by atoms with Crippen LogP contribution in [-0.4, -0.2) is 36.7 Å². The van der Waals surface area contributed by atoms with Crippen LogP contribution in [0.2, 0.25) is 0 Å². The molecule has 0 aliphatic heterocycles. The van der Waals surface area contributed by atoms with Crippen LogP contribution < -0.4 is 5.32 Å². The average Bonchev–Trinajstić information content (AvgIpc) is 2.28. The molecule has 96 valence electrons. The molecule has 0 rings (SSSR count). The summed E-state index contributed by atoms with van der Waals surface area (Å²) in [5.74, 6) is 2.02. The Bertz CT molecular complexity index is 199. The summed E-state index contributed by atoms with van der Waals surface area (Å²) >= 11 is 1.91. The second-order valence-electron chi connectivity index (χ2n) is 4.07. The summed E-state index contributed by atoms with van der Waals surface area (Å²) in [5, 5.41) is 3.21. The summed E-state index contributed by atoms with van der Waals surface area (Å²) in [6, 6.07) is 0. The highest BCUT2D eigenvalue weighted by molar-refractivity contribution is 7.99. The molecule has 3 nitrogen and oxygen atoms in total. The van der Waals surface area contributed by atoms with Crippen molar-refractivity contribution in [3.8, 4) is 0 Å². The molecule has 0 fully saturated rings. The fraction of sp³-hybridized carbons (Fsp3) is 0.917. The van der Waals surface area contributed by atoms with Crippen molar-refractivity contribution in [1.29, 1.82) is 0 Å². The molecule has 0 bridgehead atoms. The molecule has 1 N–H and O–H groups in total. The summed E-state index contributed by atoms with van der Waals surface area (Å²) in [4.78, 5) is 11.6. The topological polar surface area (TPSA) is 38.3 Å². The Morgan fingerprint density at radius 2 is 2.06 bits per heavy atom. The zero-order chi connectivity index (χ0) is 12.4. The smallest absolute Gasteiger partial charge is 0.325 e. The maximum Gasteiger partial charge on any atom is 0.325 e. The highest BCUT2D eigenvalue weighted by atomic mass is 32.2. The molecule has 0 saturated carbocycles. The van der Waals surface area contributed by atoms with E-state index in [-0.39, 0.29) is 5.97 Å². The van der Waals surface area contributed by atoms with Crippen LogP contribution in [0.4, 0.5) is 0 Å². The van der Waals surface area contributed by atoms with Crippen molar-refractivity contribution < 1.29 is 9.53 Å². The number of nitrogens with one attached hydrogen (secondary N) is 1. The monoisotopic (exact) mass is 247 g/mol. The molecule has 0 aliphatic rings. The van der Waals surface area contributed by atoms with Gasteiger partial charge in [0.1, 0.15) is 5.54 Å². The molecule has 0 aromatic rings. The van der Waals surface area contributed by atoms with Gasteiger partial charge in [-0.2, -0.15) is 11.8 Å². The molecule has 0 aromatic carbocycles. The summed E-state index contributed by atoms with van der Waals surface area (Å²) in [7, 11) is 1.45. The Hall–Kier alpha value is -0.220. The quantitative estimate of drug-likeness (QED) is 0.502. The Morgan fingerprint density at radius 3 is 2.56 bits per heavy atom. The lowest BCUT2D eigenvalue weighted by molar-refractivity contribution is -0.147. The maximum atomic E-state index is 11.6. The standard InChI is InChI=1S/C12H25NO2S/c1-5-7-9-16-10-8-12(3,13-6-2)11(14)15-4/h13H,5-10H2,1-4H3. The third-order valence-corrected chi connectivity index (χ3v) is 3.66. The van der Waals surface area contributed by atoms with Crippen LogP contribution in [0, 0.1) is 0 Å². The number of rotatable bonds is 9. The first-order valence-electron chi connectivity index (χ1n) is 6.02. The van der Waals surface area contributed by atoms with Crippen molar-refractivity contribution >= 4 is 17.7 Å². The number of ether oxygens (including phenoxy) is 1. The number of hydrogen-bond acceptors (Lipinski definition) is 4. The van der Waals surface area contributed by atoms with Crippen LogP contribution >= 0.6 is 11.8 Å². The number of carbonyl (C=O) groups is 1. The van der Waals surface area contributed by atoms with Gasteiger partial charge in [-0.3, -0.25) is 4.79 Å². The van der Waals surface area contributed by atoms with Gasteiger partial charge in [0.2, 0.25) is 0 Å². The molecule has 16 heavy (non-hydrogen) atoms. The molecule has 4 heteroatoms. The summed E-state index contributed by atoms with van der Waals surface area (Å²) < 4.78 is 4.84. The summed E-state index contributed by atoms with van der Waals surface area (Å²) in [6.07, 6.45) is 3.30. The van der Waals surface area contributed by atoms with E-state index < -0.39 is 5.54 Å². The normalized spacial score (nSPS) is 14.5. The van der Waals surface area contributed by atoms with Gasteiger partial charge in [0.15, 0.2) is 0 Å². The lowest BCUT2D eigenvalue weighted by Crippen LogP contribution is -2.50. The molecule has 0 aromatic heterocycles. The Balaban J connectivity index is 3.97. The van der Waals surface area contributed by atoms with E-state index in [1.54, 1.807) is 0 Å². The van der Waals surface area contributed by atoms with Gasteiger partial charge in [0, 0.05) is 0 Å². The summed E-state index contributed by atoms with van der Waals surface area (Å²) in [6.45, 7) is 6.90. The number of likely N-dealkylation sites (N-methyl/N-ethyl adjacent to an activating group) is 1. The van der Waals surface area contributed by atoms with Gasteiger partial charge in [-0.15, -0.1) is 0 Å². The number of thioether (sulfide) groups is 1. The molecular formula is C12H25NO2S. The Morgan fingerprint density at radius 1 is 1.38 bits per heavy atom. The van der Waals surface area contributed by atoms with E-state index in [4.69, 9.17) is 4.74 Å². The van der Waals surface area contributed by atoms with Crippen LogP contribution in [0.1, 0.15) is 40.0 Å². The molecule has 1 atom stereocenters. The third kappa shape index (κ3) is 5.75. The van der Waals surface area contributed by atoms with Crippen LogP contribution in [0.15, 0.2) is 0 Å². The van der Waals surface area contributed by atoms with Crippen LogP contribution in [0.3, 0.4) is 0 Å². The molecule has 0 spiro atoms. The van der Waals surface area contributed by atoms with Crippen molar-refractivity contribution in [2.45, 2.75) is 45.6 Å². The number of methoxy groups -OCH3 is 1. The molecule has 0 aliphatic carbocycles. The molecule has 0 radical (unpaired) electrons. The first kappa shape index (κ1) is 15.8. The van der Waals surface area contributed by atoms with E-state index >= 15 is 0 Å². The van der Waals surface area contributed by atoms with E-state index in [9.17, 15) is 4.79 Å². The van der Waals surface area contributed by atoms with Gasteiger partial charge in [-0.05, 0) is 37.8 Å². The lowest BCUT2D eigenvalue weighted by atomic mass is 9.99. The average molecular weight is 247 g/mol. The Kier molecular flexibility index (Phi) is 8.76. The van der Waals surface area contributed by atoms with Crippen molar-refractivity contribution in [1.82, 2.24) is 5.32 Å². The van der Waals surface area contributed by atoms with Gasteiger partial charge >= 0.3 is 5.97 Å². The second kappa shape index (κ2) is 8.88. The first-order chi connectivity index (χ1) is 7.60. The van der Waals surface area contributed by atoms with Crippen LogP contribution in [0.25, 0.3) is 0 Å². The zero-order valence-corrected chi connectivity index (χ0v) is 11.8. The minimum Gasteiger partial charge on any atom is -0.468 e. The second-order valence-corrected chi connectivity index (χ2v) is 5.29. The van der Waals surface area contributed by atoms with Gasteiger partial charge in [0.05, 0.1) is 7.11 Å². The van der Waals surface area contributed by atoms with E-state index in [2.05, 4.69) is 12.2 Å². The van der Waals surface area contributed by atoms with Gasteiger partial charge in [-0.25, -0.2) is 0 Å². The number of esters is 1. The number of unbranched alkanes of at least 4 members (excludes halogenated alkanes) is 1. The number of hydrogen-bond donors (Lipinski definition) is 1. The largest absolute Gasteiger partial charge is 0.468 e. The molecule has 0 amide bonds. The minimum absolute atomic E-state index is 0.162. The molecule has 0 heterocycles. The van der Waals surface area contributed by atoms with Gasteiger partial charge in [0.25, 0.3) is 0 Å². The molecule has 1 unspecified atom stereocenters. The maximum absolute atomic E-state index is 11.6. The van der Waals surface area contributed by atoms with E-state index in [0.717, 1.165) is 18.7 Å². The SMILES string of the molecule is CCCCSCCC(C)(NCC)C(=O)OC. The number of carbonyl (C=O) groups excluding carboxylic acids is 1. The first-order valence-corrected chi connectivity index (χ1v) is 7.17. The van der Waals surface area contributed by atoms with Gasteiger partial charge < -0.3 is 10.1 Å². The Labute approximate surface area is 104 Å². The van der Waals surface area contributed by atoms with Crippen LogP contribution in [0.5, 0.6) is 0 Å². The van der Waals surface area contributed by atoms with Crippen molar-refractivity contribution in [2.24, 2.45) is 0 Å². The highest BCUT2D eigenvalue weighted by Gasteiger charge is 2.32. The fourth-order valence-corrected chi connectivity index (χ4v) is 2.75. The zero-order valence-electron chi connectivity index (χ0n) is 11.0. The van der Waals surface area contributed by atoms with Crippen molar-refractivity contribution in [3.05, 3.63) is 0 Å². The molecule has 0 saturated heterocycles. The van der Waals surface area contributed by atoms with E-state index in [1.807, 2.05) is 25.6 Å². The van der Waals surface area contributed by atoms with E-state index in [1.165, 1.54) is 25.7 Å². The highest BCUT2D eigenvalue weighted by Crippen LogP contribution is 2.16. The van der Waals surface area contributed by atoms with Crippen molar-refractivity contribution in [3.63, 3.8) is 0 Å². The molecular weight excluding hydrogens is 222 g/mol. The van der Waals surface area contributed by atoms with Gasteiger partial charge in [-0.1, -0.05) is 20.3 Å². The predicted octanol–water partition coefficient (Wildman–Crippen LogP) is 2.45. The van der Waals surface area contributed by atoms with Crippen molar-refractivity contribution in [2.75, 3.05) is 25.2 Å². The van der Waals surface area contributed by atoms with E-state index in [0.29, 0.717) is 0 Å². The lowest BCUT2D eigenvalue weighted by Gasteiger charge is -2.27.